The summed E-state index contributed by atoms with van der Waals surface area (Å²) in [6.07, 6.45) is 0. The molecule has 1 aromatic carbocycles. The second-order valence-corrected chi connectivity index (χ2v) is 3.73. The average Bonchev–Trinajstić information content (AvgIpc) is 2.26. The molecule has 1 aliphatic rings. The predicted octanol–water partition coefficient (Wildman–Crippen LogP) is 1.75. The maximum Gasteiger partial charge on any atom is 0.189 e. The van der Waals surface area contributed by atoms with Gasteiger partial charge in [-0.15, -0.1) is 0 Å². The van der Waals surface area contributed by atoms with E-state index < -0.39 is 0 Å². The largest absolute Gasteiger partial charge is 0.467 e. The van der Waals surface area contributed by atoms with Crippen LogP contribution in [0.1, 0.15) is 24.0 Å². The molecule has 0 amide bonds. The van der Waals surface area contributed by atoms with Gasteiger partial charge in [-0.1, -0.05) is 6.92 Å². The third-order valence-corrected chi connectivity index (χ3v) is 2.59. The Bertz CT molecular complexity index is 368. The van der Waals surface area contributed by atoms with Crippen LogP contribution in [0.4, 0.5) is 4.39 Å². The number of halogens is 1. The fraction of sp³-hybridized carbons (Fsp3) is 0.455. The van der Waals surface area contributed by atoms with Crippen LogP contribution in [0.25, 0.3) is 0 Å². The van der Waals surface area contributed by atoms with Crippen LogP contribution >= 0.6 is 0 Å². The molecule has 15 heavy (non-hydrogen) atoms. The number of hydrogen-bond acceptors (Lipinski definition) is 3. The number of hydrogen-bond donors (Lipinski definition) is 1. The van der Waals surface area contributed by atoms with E-state index in [1.165, 1.54) is 12.1 Å². The van der Waals surface area contributed by atoms with E-state index >= 15 is 0 Å². The van der Waals surface area contributed by atoms with Crippen LogP contribution in [0.5, 0.6) is 5.75 Å². The lowest BCUT2D eigenvalue weighted by Crippen LogP contribution is -2.17. The van der Waals surface area contributed by atoms with Gasteiger partial charge in [0, 0.05) is 11.1 Å². The zero-order chi connectivity index (χ0) is 10.8. The zero-order valence-electron chi connectivity index (χ0n) is 8.63. The fourth-order valence-electron chi connectivity index (χ4n) is 1.70. The Morgan fingerprint density at radius 2 is 2.33 bits per heavy atom. The van der Waals surface area contributed by atoms with Crippen molar-refractivity contribution in [3.8, 4) is 5.75 Å². The van der Waals surface area contributed by atoms with E-state index in [4.69, 9.17) is 15.2 Å². The van der Waals surface area contributed by atoms with Crippen molar-refractivity contribution in [2.24, 2.45) is 5.73 Å². The summed E-state index contributed by atoms with van der Waals surface area (Å²) in [6, 6.07) is 2.93. The van der Waals surface area contributed by atoms with Crippen LogP contribution in [0, 0.1) is 5.82 Å². The standard InChI is InChI=1S/C11H14FNO2/c1-7(4-13)10-3-9(12)2-8-5-14-6-15-11(8)10/h2-3,7H,4-6,13H2,1H3. The van der Waals surface area contributed by atoms with Gasteiger partial charge in [-0.2, -0.15) is 0 Å². The lowest BCUT2D eigenvalue weighted by molar-refractivity contribution is -0.0174. The molecule has 0 aromatic heterocycles. The van der Waals surface area contributed by atoms with Crippen LogP contribution in [-0.4, -0.2) is 13.3 Å². The molecule has 0 aliphatic carbocycles. The summed E-state index contributed by atoms with van der Waals surface area (Å²) in [4.78, 5) is 0. The van der Waals surface area contributed by atoms with Crippen molar-refractivity contribution in [2.75, 3.05) is 13.3 Å². The normalized spacial score (nSPS) is 16.7. The molecular formula is C11H14FNO2. The molecule has 0 saturated carbocycles. The summed E-state index contributed by atoms with van der Waals surface area (Å²) in [7, 11) is 0. The number of fused-ring (bicyclic) bond motifs is 1. The van der Waals surface area contributed by atoms with Crippen LogP contribution in [0.15, 0.2) is 12.1 Å². The van der Waals surface area contributed by atoms with E-state index in [0.717, 1.165) is 16.9 Å². The van der Waals surface area contributed by atoms with Gasteiger partial charge in [-0.3, -0.25) is 0 Å². The number of rotatable bonds is 2. The lowest BCUT2D eigenvalue weighted by atomic mass is 9.97. The van der Waals surface area contributed by atoms with Gasteiger partial charge in [0.1, 0.15) is 11.6 Å². The molecule has 0 bridgehead atoms. The highest BCUT2D eigenvalue weighted by Crippen LogP contribution is 2.33. The fourth-order valence-corrected chi connectivity index (χ4v) is 1.70. The van der Waals surface area contributed by atoms with Gasteiger partial charge in [0.25, 0.3) is 0 Å². The molecule has 3 nitrogen and oxygen atoms in total. The second-order valence-electron chi connectivity index (χ2n) is 3.73. The van der Waals surface area contributed by atoms with Gasteiger partial charge in [-0.25, -0.2) is 4.39 Å². The summed E-state index contributed by atoms with van der Waals surface area (Å²) in [6.45, 7) is 3.05. The third kappa shape index (κ3) is 1.96. The summed E-state index contributed by atoms with van der Waals surface area (Å²) in [5.74, 6) is 0.561. The minimum absolute atomic E-state index is 0.0903. The van der Waals surface area contributed by atoms with Crippen molar-refractivity contribution in [2.45, 2.75) is 19.4 Å². The molecule has 2 N–H and O–H groups in total. The van der Waals surface area contributed by atoms with Gasteiger partial charge in [0.2, 0.25) is 0 Å². The average molecular weight is 211 g/mol. The van der Waals surface area contributed by atoms with Gasteiger partial charge < -0.3 is 15.2 Å². The van der Waals surface area contributed by atoms with E-state index in [9.17, 15) is 4.39 Å². The Morgan fingerprint density at radius 1 is 1.53 bits per heavy atom. The first kappa shape index (κ1) is 10.4. The van der Waals surface area contributed by atoms with E-state index in [-0.39, 0.29) is 18.5 Å². The van der Waals surface area contributed by atoms with Crippen molar-refractivity contribution >= 4 is 0 Å². The highest BCUT2D eigenvalue weighted by molar-refractivity contribution is 5.44. The number of nitrogens with two attached hydrogens (primary N) is 1. The monoisotopic (exact) mass is 211 g/mol. The first-order valence-electron chi connectivity index (χ1n) is 4.95. The maximum atomic E-state index is 13.3. The van der Waals surface area contributed by atoms with Gasteiger partial charge in [0.05, 0.1) is 6.61 Å². The Labute approximate surface area is 88.0 Å². The summed E-state index contributed by atoms with van der Waals surface area (Å²) in [5, 5.41) is 0. The molecule has 1 aliphatic heterocycles. The summed E-state index contributed by atoms with van der Waals surface area (Å²) in [5.41, 5.74) is 7.17. The third-order valence-electron chi connectivity index (χ3n) is 2.59. The molecule has 1 aromatic rings. The quantitative estimate of drug-likeness (QED) is 0.810. The summed E-state index contributed by atoms with van der Waals surface area (Å²) >= 11 is 0. The summed E-state index contributed by atoms with van der Waals surface area (Å²) < 4.78 is 23.8. The molecule has 4 heteroatoms. The number of ether oxygens (including phenoxy) is 2. The van der Waals surface area contributed by atoms with Crippen molar-refractivity contribution in [1.82, 2.24) is 0 Å². The highest BCUT2D eigenvalue weighted by atomic mass is 19.1. The molecular weight excluding hydrogens is 197 g/mol. The molecule has 2 rings (SSSR count). The van der Waals surface area contributed by atoms with Crippen molar-refractivity contribution in [3.05, 3.63) is 29.1 Å². The number of benzene rings is 1. The van der Waals surface area contributed by atoms with E-state index in [0.29, 0.717) is 13.2 Å². The predicted molar refractivity (Wildman–Crippen MR) is 54.2 cm³/mol. The first-order chi connectivity index (χ1) is 7.22. The van der Waals surface area contributed by atoms with Crippen LogP contribution in [0.2, 0.25) is 0 Å². The Hall–Kier alpha value is -1.13. The molecule has 1 heterocycles. The topological polar surface area (TPSA) is 44.5 Å². The highest BCUT2D eigenvalue weighted by Gasteiger charge is 2.19. The lowest BCUT2D eigenvalue weighted by Gasteiger charge is -2.23. The molecule has 0 fully saturated rings. The van der Waals surface area contributed by atoms with Gasteiger partial charge in [0.15, 0.2) is 6.79 Å². The maximum absolute atomic E-state index is 13.3. The Kier molecular flexibility index (Phi) is 2.88. The molecule has 1 unspecified atom stereocenters. The van der Waals surface area contributed by atoms with E-state index in [1.807, 2.05) is 6.92 Å². The molecule has 0 saturated heterocycles. The van der Waals surface area contributed by atoms with E-state index in [2.05, 4.69) is 0 Å². The minimum Gasteiger partial charge on any atom is -0.467 e. The first-order valence-corrected chi connectivity index (χ1v) is 4.95. The van der Waals surface area contributed by atoms with Crippen LogP contribution < -0.4 is 10.5 Å². The smallest absolute Gasteiger partial charge is 0.189 e. The minimum atomic E-state index is -0.266. The zero-order valence-corrected chi connectivity index (χ0v) is 8.63. The molecule has 1 atom stereocenters. The SMILES string of the molecule is CC(CN)c1cc(F)cc2c1OCOC2. The van der Waals surface area contributed by atoms with Crippen molar-refractivity contribution < 1.29 is 13.9 Å². The molecule has 82 valence electrons. The second kappa shape index (κ2) is 4.16. The van der Waals surface area contributed by atoms with E-state index in [1.54, 1.807) is 0 Å². The van der Waals surface area contributed by atoms with Crippen LogP contribution in [-0.2, 0) is 11.3 Å². The van der Waals surface area contributed by atoms with Gasteiger partial charge in [-0.05, 0) is 24.6 Å². The molecule has 0 radical (unpaired) electrons. The van der Waals surface area contributed by atoms with Crippen molar-refractivity contribution in [1.29, 1.82) is 0 Å². The van der Waals surface area contributed by atoms with Gasteiger partial charge >= 0.3 is 0 Å². The Morgan fingerprint density at radius 3 is 3.07 bits per heavy atom. The molecule has 0 spiro atoms. The Balaban J connectivity index is 2.47. The van der Waals surface area contributed by atoms with Crippen LogP contribution in [0.3, 0.4) is 0 Å². The van der Waals surface area contributed by atoms with Crippen molar-refractivity contribution in [3.63, 3.8) is 0 Å².